The van der Waals surface area contributed by atoms with Gasteiger partial charge in [0.05, 0.1) is 20.9 Å². The maximum absolute atomic E-state index is 12.4. The molecule has 2 aliphatic heterocycles. The van der Waals surface area contributed by atoms with Crippen molar-refractivity contribution in [1.82, 2.24) is 10.6 Å². The highest BCUT2D eigenvalue weighted by molar-refractivity contribution is 5.82. The van der Waals surface area contributed by atoms with Crippen molar-refractivity contribution >= 4 is 35.5 Å². The Labute approximate surface area is 357 Å². The van der Waals surface area contributed by atoms with E-state index < -0.39 is 47.4 Å². The number of fused-ring (bicyclic) bond motifs is 6. The lowest BCUT2D eigenvalue weighted by molar-refractivity contribution is -0.143. The molecule has 0 spiro atoms. The van der Waals surface area contributed by atoms with E-state index in [1.165, 1.54) is 36.7 Å². The molecule has 0 aliphatic carbocycles. The molecule has 0 radical (unpaired) electrons. The smallest absolute Gasteiger partial charge is 0.408 e. The minimum absolute atomic E-state index is 0.242. The van der Waals surface area contributed by atoms with Crippen molar-refractivity contribution in [3.8, 4) is 23.7 Å². The number of ether oxygens (including phenoxy) is 4. The van der Waals surface area contributed by atoms with Gasteiger partial charge in [-0.15, -0.1) is 0 Å². The molecular weight excluding hydrogens is 773 g/mol. The fourth-order valence-corrected chi connectivity index (χ4v) is 7.02. The van der Waals surface area contributed by atoms with Crippen LogP contribution in [0.4, 0.5) is 21.0 Å². The van der Waals surface area contributed by atoms with Crippen LogP contribution in [-0.4, -0.2) is 68.3 Å². The number of hydrogen-bond donors (Lipinski definition) is 2. The normalized spacial score (nSPS) is 13.6. The molecule has 0 fully saturated rings. The molecular formula is C49H52N4O8. The second kappa shape index (κ2) is 18.6. The van der Waals surface area contributed by atoms with Crippen molar-refractivity contribution in [2.45, 2.75) is 90.8 Å². The molecule has 2 atom stereocenters. The van der Waals surface area contributed by atoms with Crippen molar-refractivity contribution in [3.63, 3.8) is 0 Å². The lowest BCUT2D eigenvalue weighted by Crippen LogP contribution is -2.46. The van der Waals surface area contributed by atoms with E-state index in [2.05, 4.69) is 80.5 Å². The van der Waals surface area contributed by atoms with E-state index in [1.807, 2.05) is 48.5 Å². The Hall–Kier alpha value is -6.92. The SMILES string of the molecule is COC(=O)[C@H](Cc1ccc(C#Cc2ccc3c(c2)CN2CN3Cc3cc(C#Cc4ccc(C[C@H](NC(=O)OC(C)(C)C)C(=O)OC)cc4)ccc32)cc1)NC(=O)OC(C)(C)C. The lowest BCUT2D eigenvalue weighted by atomic mass is 9.98. The average molecular weight is 825 g/mol. The highest BCUT2D eigenvalue weighted by Gasteiger charge is 2.30. The van der Waals surface area contributed by atoms with Crippen molar-refractivity contribution < 1.29 is 38.1 Å². The van der Waals surface area contributed by atoms with Gasteiger partial charge in [0.1, 0.15) is 23.3 Å². The number of rotatable bonds is 8. The summed E-state index contributed by atoms with van der Waals surface area (Å²) in [4.78, 5) is 54.2. The molecule has 4 aromatic carbocycles. The first-order valence-electron chi connectivity index (χ1n) is 20.1. The Morgan fingerprint density at radius 2 is 0.902 bits per heavy atom. The van der Waals surface area contributed by atoms with E-state index in [4.69, 9.17) is 18.9 Å². The number of methoxy groups -OCH3 is 2. The third-order valence-corrected chi connectivity index (χ3v) is 9.75. The number of carbonyl (C=O) groups excluding carboxylic acids is 4. The van der Waals surface area contributed by atoms with Crippen LogP contribution in [-0.2, 0) is 54.5 Å². The fourth-order valence-electron chi connectivity index (χ4n) is 7.02. The topological polar surface area (TPSA) is 136 Å². The van der Waals surface area contributed by atoms with Crippen LogP contribution in [0.25, 0.3) is 0 Å². The van der Waals surface area contributed by atoms with Gasteiger partial charge in [-0.3, -0.25) is 0 Å². The van der Waals surface area contributed by atoms with Crippen LogP contribution < -0.4 is 20.4 Å². The third-order valence-electron chi connectivity index (χ3n) is 9.75. The molecule has 2 N–H and O–H groups in total. The van der Waals surface area contributed by atoms with Crippen LogP contribution in [0.5, 0.6) is 0 Å². The summed E-state index contributed by atoms with van der Waals surface area (Å²) in [5, 5.41) is 5.22. The Bertz CT molecular complexity index is 2240. The molecule has 2 bridgehead atoms. The second-order valence-electron chi connectivity index (χ2n) is 17.0. The lowest BCUT2D eigenvalue weighted by Gasteiger charge is -2.44. The third kappa shape index (κ3) is 12.1. The monoisotopic (exact) mass is 824 g/mol. The summed E-state index contributed by atoms with van der Waals surface area (Å²) < 4.78 is 20.4. The van der Waals surface area contributed by atoms with E-state index in [0.717, 1.165) is 53.1 Å². The number of hydrogen-bond acceptors (Lipinski definition) is 10. The first-order valence-corrected chi connectivity index (χ1v) is 20.1. The molecule has 2 amide bonds. The summed E-state index contributed by atoms with van der Waals surface area (Å²) in [6, 6.07) is 26.1. The molecule has 0 aromatic heterocycles. The molecule has 2 aliphatic rings. The summed E-state index contributed by atoms with van der Waals surface area (Å²) in [6.45, 7) is 12.8. The van der Waals surface area contributed by atoms with E-state index in [0.29, 0.717) is 0 Å². The molecule has 0 saturated heterocycles. The first-order chi connectivity index (χ1) is 28.9. The van der Waals surface area contributed by atoms with E-state index in [9.17, 15) is 19.2 Å². The molecule has 0 unspecified atom stereocenters. The van der Waals surface area contributed by atoms with Gasteiger partial charge in [-0.05, 0) is 124 Å². The predicted molar refractivity (Wildman–Crippen MR) is 233 cm³/mol. The zero-order valence-corrected chi connectivity index (χ0v) is 35.9. The van der Waals surface area contributed by atoms with Crippen molar-refractivity contribution in [1.29, 1.82) is 0 Å². The summed E-state index contributed by atoms with van der Waals surface area (Å²) in [5.41, 5.74) is 8.54. The summed E-state index contributed by atoms with van der Waals surface area (Å²) >= 11 is 0. The van der Waals surface area contributed by atoms with E-state index in [1.54, 1.807) is 41.5 Å². The van der Waals surface area contributed by atoms with Crippen LogP contribution in [0.1, 0.15) is 86.1 Å². The van der Waals surface area contributed by atoms with Gasteiger partial charge in [-0.2, -0.15) is 0 Å². The van der Waals surface area contributed by atoms with E-state index in [-0.39, 0.29) is 12.8 Å². The van der Waals surface area contributed by atoms with Gasteiger partial charge in [-0.25, -0.2) is 19.2 Å². The Morgan fingerprint density at radius 1 is 0.557 bits per heavy atom. The van der Waals surface area contributed by atoms with Crippen LogP contribution in [0, 0.1) is 23.7 Å². The zero-order chi connectivity index (χ0) is 43.9. The highest BCUT2D eigenvalue weighted by Crippen LogP contribution is 2.38. The molecule has 61 heavy (non-hydrogen) atoms. The first kappa shape index (κ1) is 43.7. The van der Waals surface area contributed by atoms with Crippen LogP contribution in [0.2, 0.25) is 0 Å². The van der Waals surface area contributed by atoms with Crippen LogP contribution in [0.15, 0.2) is 84.9 Å². The summed E-state index contributed by atoms with van der Waals surface area (Å²) in [5.74, 6) is 12.0. The Kier molecular flexibility index (Phi) is 13.3. The minimum Gasteiger partial charge on any atom is -0.467 e. The summed E-state index contributed by atoms with van der Waals surface area (Å²) in [6.07, 6.45) is -0.883. The molecule has 4 aromatic rings. The van der Waals surface area contributed by atoms with E-state index >= 15 is 0 Å². The number of alkyl carbamates (subject to hydrolysis) is 2. The van der Waals surface area contributed by atoms with Gasteiger partial charge in [0.2, 0.25) is 0 Å². The maximum Gasteiger partial charge on any atom is 0.408 e. The quantitative estimate of drug-likeness (QED) is 0.109. The van der Waals surface area contributed by atoms with Crippen molar-refractivity contribution in [2.24, 2.45) is 0 Å². The Balaban J connectivity index is 1.07. The standard InChI is InChI=1S/C49H52N4O8/c1-48(2,3)60-46(56)50-40(44(54)58-7)27-36-17-11-32(12-18-36)9-15-34-21-23-42-38(25-34)29-52-31-53(42)30-39-26-35(22-24-43(39)52)16-10-33-13-19-37(20-14-33)28-41(45(55)59-8)51-47(57)61-49(4,5)6/h11-14,17-26,40-41H,27-31H2,1-8H3,(H,50,56)(H,51,57)/t40-,41-/m0/s1. The number of esters is 2. The summed E-state index contributed by atoms with van der Waals surface area (Å²) in [7, 11) is 2.57. The van der Waals surface area contributed by atoms with Gasteiger partial charge < -0.3 is 39.4 Å². The van der Waals surface area contributed by atoms with Gasteiger partial charge in [0.15, 0.2) is 0 Å². The number of amides is 2. The van der Waals surface area contributed by atoms with Crippen molar-refractivity contribution in [2.75, 3.05) is 30.7 Å². The minimum atomic E-state index is -0.891. The number of nitrogens with zero attached hydrogens (tertiary/aromatic N) is 2. The number of benzene rings is 4. The molecule has 0 saturated carbocycles. The van der Waals surface area contributed by atoms with Gasteiger partial charge in [0.25, 0.3) is 0 Å². The van der Waals surface area contributed by atoms with Crippen LogP contribution >= 0.6 is 0 Å². The molecule has 12 nitrogen and oxygen atoms in total. The predicted octanol–water partition coefficient (Wildman–Crippen LogP) is 7.00. The van der Waals surface area contributed by atoms with Gasteiger partial charge in [-0.1, -0.05) is 47.9 Å². The van der Waals surface area contributed by atoms with Gasteiger partial charge in [0, 0.05) is 59.6 Å². The average Bonchev–Trinajstić information content (AvgIpc) is 3.20. The molecule has 12 heteroatoms. The fraction of sp³-hybridized carbons (Fsp3) is 0.347. The Morgan fingerprint density at radius 3 is 1.25 bits per heavy atom. The maximum atomic E-state index is 12.4. The second-order valence-corrected chi connectivity index (χ2v) is 17.0. The molecule has 316 valence electrons. The number of carbonyl (C=O) groups is 4. The zero-order valence-electron chi connectivity index (χ0n) is 35.9. The molecule has 2 heterocycles. The van der Waals surface area contributed by atoms with Crippen molar-refractivity contribution in [3.05, 3.63) is 129 Å². The highest BCUT2D eigenvalue weighted by atomic mass is 16.6. The number of nitrogens with one attached hydrogen (secondary N) is 2. The van der Waals surface area contributed by atoms with Crippen LogP contribution in [0.3, 0.4) is 0 Å². The molecule has 6 rings (SSSR count). The number of anilines is 2. The largest absolute Gasteiger partial charge is 0.467 e. The van der Waals surface area contributed by atoms with Gasteiger partial charge >= 0.3 is 24.1 Å².